The average molecular weight is 842 g/mol. The number of thiazole rings is 1. The molecule has 2 heterocycles. The molecule has 0 saturated carbocycles. The van der Waals surface area contributed by atoms with Crippen LogP contribution in [-0.2, 0) is 39.8 Å². The summed E-state index contributed by atoms with van der Waals surface area (Å²) in [6.45, 7) is 16.0. The van der Waals surface area contributed by atoms with Gasteiger partial charge in [-0.05, 0) is 42.6 Å². The monoisotopic (exact) mass is 841 g/mol. The van der Waals surface area contributed by atoms with Crippen LogP contribution in [0.1, 0.15) is 121 Å². The predicted octanol–water partition coefficient (Wildman–Crippen LogP) is 7.02. The standard InChI is InChI=1S/C46H71N3O9S/c1-12-30(6)42(48(9)45(54)35(29(4)5)25-39(52)31(7)28(2)3)40(56-10)26-41(53)49-20-16-19-37(49)43(57-11)32(8)38(51)24-34(23-33-17-14-13-15-18-33)44-47-36(27-59-44)46(55)58-22-21-50/h13-15,17-18,27-32,34-35,37,40,42-43,50H,12,16,19-26H2,1-11H3/t30-,31-,32-,34+,35-,37-,40+,42-,43+/m0/s1. The second-order valence-electron chi connectivity index (χ2n) is 17.1. The van der Waals surface area contributed by atoms with Crippen molar-refractivity contribution in [1.29, 1.82) is 0 Å². The highest BCUT2D eigenvalue weighted by Gasteiger charge is 2.43. The van der Waals surface area contributed by atoms with E-state index in [0.29, 0.717) is 24.4 Å². The number of carbonyl (C=O) groups excluding carboxylic acids is 5. The molecule has 0 bridgehead atoms. The van der Waals surface area contributed by atoms with Gasteiger partial charge in [0.2, 0.25) is 11.8 Å². The van der Waals surface area contributed by atoms with Crippen molar-refractivity contribution in [3.63, 3.8) is 0 Å². The van der Waals surface area contributed by atoms with Crippen LogP contribution in [-0.4, -0.2) is 115 Å². The van der Waals surface area contributed by atoms with Crippen LogP contribution in [0.25, 0.3) is 0 Å². The van der Waals surface area contributed by atoms with E-state index in [-0.39, 0.29) is 97.2 Å². The van der Waals surface area contributed by atoms with E-state index in [4.69, 9.17) is 19.3 Å². The fraction of sp³-hybridized carbons (Fsp3) is 0.696. The number of carbonyl (C=O) groups is 5. The van der Waals surface area contributed by atoms with Gasteiger partial charge in [0.1, 0.15) is 18.2 Å². The van der Waals surface area contributed by atoms with Crippen molar-refractivity contribution in [1.82, 2.24) is 14.8 Å². The van der Waals surface area contributed by atoms with E-state index in [1.54, 1.807) is 31.5 Å². The molecule has 9 atom stereocenters. The quantitative estimate of drug-likeness (QED) is 0.103. The Hall–Kier alpha value is -3.52. The molecular formula is C46H71N3O9S. The Labute approximate surface area is 356 Å². The van der Waals surface area contributed by atoms with Gasteiger partial charge in [-0.2, -0.15) is 0 Å². The van der Waals surface area contributed by atoms with Crippen LogP contribution < -0.4 is 0 Å². The minimum atomic E-state index is -0.627. The maximum atomic E-state index is 14.4. The number of esters is 1. The number of hydrogen-bond acceptors (Lipinski definition) is 11. The van der Waals surface area contributed by atoms with E-state index in [1.807, 2.05) is 76.8 Å². The number of ketones is 2. The number of likely N-dealkylation sites (N-methyl/N-ethyl adjacent to an activating group) is 1. The second-order valence-corrected chi connectivity index (χ2v) is 18.0. The van der Waals surface area contributed by atoms with E-state index in [1.165, 1.54) is 11.3 Å². The van der Waals surface area contributed by atoms with Crippen molar-refractivity contribution < 1.29 is 43.3 Å². The van der Waals surface area contributed by atoms with Gasteiger partial charge >= 0.3 is 5.97 Å². The zero-order valence-corrected chi connectivity index (χ0v) is 38.2. The average Bonchev–Trinajstić information content (AvgIpc) is 3.92. The first-order valence-electron chi connectivity index (χ1n) is 21.4. The topological polar surface area (TPSA) is 153 Å². The van der Waals surface area contributed by atoms with Crippen molar-refractivity contribution in [2.45, 2.75) is 131 Å². The maximum Gasteiger partial charge on any atom is 0.357 e. The van der Waals surface area contributed by atoms with E-state index in [2.05, 4.69) is 18.8 Å². The Morgan fingerprint density at radius 2 is 1.58 bits per heavy atom. The Morgan fingerprint density at radius 1 is 0.915 bits per heavy atom. The third-order valence-corrected chi connectivity index (χ3v) is 13.6. The minimum Gasteiger partial charge on any atom is -0.459 e. The molecule has 1 aliphatic rings. The number of likely N-dealkylation sites (tertiary alicyclic amines) is 1. The van der Waals surface area contributed by atoms with Crippen molar-refractivity contribution in [2.75, 3.05) is 41.0 Å². The van der Waals surface area contributed by atoms with Crippen LogP contribution in [0.2, 0.25) is 0 Å². The Kier molecular flexibility index (Phi) is 20.3. The summed E-state index contributed by atoms with van der Waals surface area (Å²) in [7, 11) is 4.93. The van der Waals surface area contributed by atoms with Crippen LogP contribution in [0.5, 0.6) is 0 Å². The summed E-state index contributed by atoms with van der Waals surface area (Å²) < 4.78 is 17.2. The van der Waals surface area contributed by atoms with E-state index in [0.717, 1.165) is 18.4 Å². The highest BCUT2D eigenvalue weighted by molar-refractivity contribution is 7.09. The Morgan fingerprint density at radius 3 is 2.15 bits per heavy atom. The molecule has 0 radical (unpaired) electrons. The Bertz CT molecular complexity index is 1650. The highest BCUT2D eigenvalue weighted by atomic mass is 32.1. The van der Waals surface area contributed by atoms with Crippen molar-refractivity contribution in [3.05, 3.63) is 52.0 Å². The molecule has 13 heteroatoms. The number of hydrogen-bond donors (Lipinski definition) is 1. The molecule has 330 valence electrons. The number of Topliss-reactive ketones (excluding diaryl/α,β-unsaturated/α-hetero) is 2. The molecule has 2 amide bonds. The smallest absolute Gasteiger partial charge is 0.357 e. The third kappa shape index (κ3) is 13.5. The van der Waals surface area contributed by atoms with Crippen LogP contribution in [0, 0.1) is 35.5 Å². The molecular weight excluding hydrogens is 771 g/mol. The fourth-order valence-corrected chi connectivity index (χ4v) is 9.23. The van der Waals surface area contributed by atoms with Gasteiger partial charge in [0.05, 0.1) is 42.3 Å². The summed E-state index contributed by atoms with van der Waals surface area (Å²) >= 11 is 1.30. The minimum absolute atomic E-state index is 0.00229. The molecule has 1 saturated heterocycles. The van der Waals surface area contributed by atoms with Crippen molar-refractivity contribution in [2.24, 2.45) is 35.5 Å². The van der Waals surface area contributed by atoms with Crippen molar-refractivity contribution in [3.8, 4) is 0 Å². The lowest BCUT2D eigenvalue weighted by Crippen LogP contribution is -2.54. The number of rotatable bonds is 25. The zero-order chi connectivity index (χ0) is 44.0. The number of nitrogens with zero attached hydrogens (tertiary/aromatic N) is 3. The lowest BCUT2D eigenvalue weighted by molar-refractivity contribution is -0.149. The number of benzene rings is 1. The molecule has 2 aromatic rings. The van der Waals surface area contributed by atoms with Crippen LogP contribution >= 0.6 is 11.3 Å². The lowest BCUT2D eigenvalue weighted by atomic mass is 9.82. The first kappa shape index (κ1) is 49.8. The van der Waals surface area contributed by atoms with Gasteiger partial charge in [0, 0.05) is 69.7 Å². The van der Waals surface area contributed by atoms with Crippen molar-refractivity contribution >= 4 is 40.7 Å². The summed E-state index contributed by atoms with van der Waals surface area (Å²) in [5, 5.41) is 11.3. The molecule has 12 nitrogen and oxygen atoms in total. The fourth-order valence-electron chi connectivity index (χ4n) is 8.34. The second kappa shape index (κ2) is 24.1. The van der Waals surface area contributed by atoms with Gasteiger partial charge in [0.15, 0.2) is 5.69 Å². The SMILES string of the molecule is CC[C@H](C)[C@@H]([C@@H](CC(=O)N1CCC[C@H]1[C@H](OC)[C@@H](C)C(=O)C[C@@H](Cc1ccccc1)c1nc(C(=O)OCCO)cs1)OC)N(C)C(=O)[C@@H](CC(=O)[C@@H](C)C(C)C)C(C)C. The summed E-state index contributed by atoms with van der Waals surface area (Å²) in [5.74, 6) is -2.21. The Balaban J connectivity index is 1.82. The number of amides is 2. The number of aromatic nitrogens is 1. The molecule has 0 aliphatic carbocycles. The molecule has 1 fully saturated rings. The predicted molar refractivity (Wildman–Crippen MR) is 230 cm³/mol. The number of ether oxygens (including phenoxy) is 3. The third-order valence-electron chi connectivity index (χ3n) is 12.6. The number of methoxy groups -OCH3 is 2. The number of aliphatic hydroxyl groups excluding tert-OH is 1. The lowest BCUT2D eigenvalue weighted by Gasteiger charge is -2.41. The van der Waals surface area contributed by atoms with Crippen LogP contribution in [0.15, 0.2) is 35.7 Å². The molecule has 3 rings (SSSR count). The van der Waals surface area contributed by atoms with Gasteiger partial charge in [-0.1, -0.05) is 92.1 Å². The highest BCUT2D eigenvalue weighted by Crippen LogP contribution is 2.34. The van der Waals surface area contributed by atoms with Gasteiger partial charge < -0.3 is 29.1 Å². The molecule has 1 aliphatic heterocycles. The van der Waals surface area contributed by atoms with E-state index in [9.17, 15) is 24.0 Å². The first-order valence-corrected chi connectivity index (χ1v) is 22.3. The zero-order valence-electron chi connectivity index (χ0n) is 37.3. The normalized spacial score (nSPS) is 18.5. The van der Waals surface area contributed by atoms with E-state index >= 15 is 0 Å². The summed E-state index contributed by atoms with van der Waals surface area (Å²) in [6, 6.07) is 9.05. The molecule has 1 N–H and O–H groups in total. The van der Waals surface area contributed by atoms with Crippen LogP contribution in [0.4, 0.5) is 0 Å². The first-order chi connectivity index (χ1) is 28.0. The largest absolute Gasteiger partial charge is 0.459 e. The molecule has 1 aromatic heterocycles. The summed E-state index contributed by atoms with van der Waals surface area (Å²) in [5.41, 5.74) is 1.16. The summed E-state index contributed by atoms with van der Waals surface area (Å²) in [6.07, 6.45) is 1.90. The van der Waals surface area contributed by atoms with Gasteiger partial charge in [0.25, 0.3) is 0 Å². The summed E-state index contributed by atoms with van der Waals surface area (Å²) in [4.78, 5) is 76.7. The van der Waals surface area contributed by atoms with Gasteiger partial charge in [-0.15, -0.1) is 11.3 Å². The molecule has 59 heavy (non-hydrogen) atoms. The maximum absolute atomic E-state index is 14.4. The van der Waals surface area contributed by atoms with Crippen LogP contribution in [0.3, 0.4) is 0 Å². The molecule has 1 aromatic carbocycles. The van der Waals surface area contributed by atoms with Gasteiger partial charge in [-0.25, -0.2) is 9.78 Å². The number of aliphatic hydroxyl groups is 1. The van der Waals surface area contributed by atoms with Gasteiger partial charge in [-0.3, -0.25) is 19.2 Å². The molecule has 0 unspecified atom stereocenters. The molecule has 0 spiro atoms. The van der Waals surface area contributed by atoms with E-state index < -0.39 is 36.1 Å².